The Morgan fingerprint density at radius 2 is 2.04 bits per heavy atom. The molecule has 2 aromatic rings. The van der Waals surface area contributed by atoms with E-state index in [4.69, 9.17) is 10.5 Å². The average molecular weight is 364 g/mol. The minimum atomic E-state index is -0.776. The molecule has 1 heterocycles. The molecule has 0 aliphatic heterocycles. The van der Waals surface area contributed by atoms with Crippen molar-refractivity contribution in [2.75, 3.05) is 24.3 Å². The third-order valence-electron chi connectivity index (χ3n) is 3.85. The molecule has 0 saturated carbocycles. The van der Waals surface area contributed by atoms with Crippen LogP contribution in [0.1, 0.15) is 19.8 Å². The van der Waals surface area contributed by atoms with Gasteiger partial charge in [-0.25, -0.2) is 9.18 Å². The van der Waals surface area contributed by atoms with Gasteiger partial charge in [0.15, 0.2) is 23.9 Å². The second-order valence-corrected chi connectivity index (χ2v) is 5.67. The Labute approximate surface area is 149 Å². The number of hydrogen-bond acceptors (Lipinski definition) is 5. The third kappa shape index (κ3) is 4.11. The summed E-state index contributed by atoms with van der Waals surface area (Å²) in [6.45, 7) is 1.77. The van der Waals surface area contributed by atoms with Crippen molar-refractivity contribution in [1.82, 2.24) is 9.55 Å². The summed E-state index contributed by atoms with van der Waals surface area (Å²) in [5, 5.41) is 0. The highest BCUT2D eigenvalue weighted by Gasteiger charge is 2.21. The Kier molecular flexibility index (Phi) is 6.16. The van der Waals surface area contributed by atoms with Crippen LogP contribution < -0.4 is 26.6 Å². The number of carbonyl (C=O) groups is 1. The monoisotopic (exact) mass is 364 g/mol. The molecule has 0 spiro atoms. The lowest BCUT2D eigenvalue weighted by Crippen LogP contribution is -2.40. The number of rotatable bonds is 7. The number of nitrogen functional groups attached to an aromatic ring is 1. The Bertz CT molecular complexity index is 906. The Balaban J connectivity index is 2.24. The van der Waals surface area contributed by atoms with Gasteiger partial charge in [0.25, 0.3) is 11.5 Å². The number of halogens is 1. The van der Waals surface area contributed by atoms with Gasteiger partial charge in [-0.1, -0.05) is 25.5 Å². The number of ether oxygens (including phenoxy) is 1. The lowest BCUT2D eigenvalue weighted by atomic mass is 10.3. The first-order valence-electron chi connectivity index (χ1n) is 8.13. The molecule has 0 radical (unpaired) electrons. The van der Waals surface area contributed by atoms with Gasteiger partial charge in [0.2, 0.25) is 0 Å². The van der Waals surface area contributed by atoms with E-state index < -0.39 is 29.6 Å². The van der Waals surface area contributed by atoms with Gasteiger partial charge in [-0.05, 0) is 18.6 Å². The molecular formula is C17H21FN4O4. The molecular weight excluding hydrogens is 343 g/mol. The third-order valence-corrected chi connectivity index (χ3v) is 3.85. The van der Waals surface area contributed by atoms with Gasteiger partial charge < -0.3 is 15.4 Å². The van der Waals surface area contributed by atoms with Crippen molar-refractivity contribution in [2.24, 2.45) is 0 Å². The number of hydrogen-bond donors (Lipinski definition) is 2. The molecule has 26 heavy (non-hydrogen) atoms. The number of aromatic nitrogens is 2. The zero-order valence-corrected chi connectivity index (χ0v) is 14.6. The summed E-state index contributed by atoms with van der Waals surface area (Å²) in [7, 11) is 1.34. The van der Waals surface area contributed by atoms with E-state index >= 15 is 0 Å². The van der Waals surface area contributed by atoms with Crippen LogP contribution in [-0.4, -0.2) is 29.1 Å². The second-order valence-electron chi connectivity index (χ2n) is 5.67. The van der Waals surface area contributed by atoms with Gasteiger partial charge in [0.05, 0.1) is 0 Å². The molecule has 9 heteroatoms. The van der Waals surface area contributed by atoms with Gasteiger partial charge >= 0.3 is 5.69 Å². The fourth-order valence-corrected chi connectivity index (χ4v) is 2.36. The molecule has 0 bridgehead atoms. The topological polar surface area (TPSA) is 110 Å². The summed E-state index contributed by atoms with van der Waals surface area (Å²) in [5.74, 6) is -1.41. The van der Waals surface area contributed by atoms with Crippen molar-refractivity contribution in [1.29, 1.82) is 0 Å². The molecule has 2 rings (SSSR count). The van der Waals surface area contributed by atoms with Crippen molar-refractivity contribution < 1.29 is 13.9 Å². The highest BCUT2D eigenvalue weighted by molar-refractivity contribution is 5.96. The number of aromatic amines is 1. The van der Waals surface area contributed by atoms with Crippen LogP contribution in [0.2, 0.25) is 0 Å². The Morgan fingerprint density at radius 1 is 1.35 bits per heavy atom. The summed E-state index contributed by atoms with van der Waals surface area (Å²) in [4.78, 5) is 39.5. The van der Waals surface area contributed by atoms with Crippen molar-refractivity contribution >= 4 is 17.4 Å². The van der Waals surface area contributed by atoms with Crippen molar-refractivity contribution in [2.45, 2.75) is 26.3 Å². The normalized spacial score (nSPS) is 10.6. The maximum atomic E-state index is 13.5. The molecule has 0 saturated heterocycles. The van der Waals surface area contributed by atoms with Crippen molar-refractivity contribution in [3.63, 3.8) is 0 Å². The standard InChI is InChI=1S/C17H21FN4O4/c1-3-4-9-22-15(19)14(16(24)20-17(22)25)21(2)13(23)10-26-12-8-6-5-7-11(12)18/h5-8H,3-4,9-10,19H2,1-2H3,(H,20,24,25). The van der Waals surface area contributed by atoms with Gasteiger partial charge in [0.1, 0.15) is 5.82 Å². The number of para-hydroxylation sites is 1. The second kappa shape index (κ2) is 8.32. The quantitative estimate of drug-likeness (QED) is 0.764. The summed E-state index contributed by atoms with van der Waals surface area (Å²) in [5.41, 5.74) is 4.39. The number of nitrogens with zero attached hydrogens (tertiary/aromatic N) is 2. The van der Waals surface area contributed by atoms with Crippen LogP contribution in [0, 0.1) is 5.82 Å². The molecule has 8 nitrogen and oxygen atoms in total. The molecule has 1 amide bonds. The van der Waals surface area contributed by atoms with E-state index in [1.807, 2.05) is 6.92 Å². The van der Waals surface area contributed by atoms with E-state index in [1.54, 1.807) is 6.07 Å². The molecule has 140 valence electrons. The van der Waals surface area contributed by atoms with Crippen LogP contribution in [0.3, 0.4) is 0 Å². The van der Waals surface area contributed by atoms with Crippen LogP contribution in [0.4, 0.5) is 15.9 Å². The average Bonchev–Trinajstić information content (AvgIpc) is 2.60. The van der Waals surface area contributed by atoms with Crippen LogP contribution in [0.25, 0.3) is 0 Å². The fraction of sp³-hybridized carbons (Fsp3) is 0.353. The largest absolute Gasteiger partial charge is 0.481 e. The summed E-state index contributed by atoms with van der Waals surface area (Å²) in [6.07, 6.45) is 1.51. The predicted octanol–water partition coefficient (Wildman–Crippen LogP) is 1.10. The number of unbranched alkanes of at least 4 members (excludes halogenated alkanes) is 1. The lowest BCUT2D eigenvalue weighted by Gasteiger charge is -2.20. The van der Waals surface area contributed by atoms with E-state index in [0.29, 0.717) is 13.0 Å². The van der Waals surface area contributed by atoms with Crippen molar-refractivity contribution in [3.8, 4) is 5.75 Å². The van der Waals surface area contributed by atoms with Gasteiger partial charge in [-0.3, -0.25) is 19.1 Å². The molecule has 1 aromatic carbocycles. The maximum absolute atomic E-state index is 13.5. The molecule has 0 aliphatic rings. The van der Waals surface area contributed by atoms with Gasteiger partial charge in [0, 0.05) is 13.6 Å². The summed E-state index contributed by atoms with van der Waals surface area (Å²) >= 11 is 0. The van der Waals surface area contributed by atoms with E-state index in [0.717, 1.165) is 11.3 Å². The first kappa shape index (κ1) is 19.2. The molecule has 0 unspecified atom stereocenters. The Morgan fingerprint density at radius 3 is 2.69 bits per heavy atom. The summed E-state index contributed by atoms with van der Waals surface area (Å²) < 4.78 is 19.9. The molecule has 3 N–H and O–H groups in total. The van der Waals surface area contributed by atoms with Crippen molar-refractivity contribution in [3.05, 3.63) is 50.9 Å². The van der Waals surface area contributed by atoms with Crippen LogP contribution in [-0.2, 0) is 11.3 Å². The number of carbonyl (C=O) groups excluding carboxylic acids is 1. The smallest absolute Gasteiger partial charge is 0.330 e. The van der Waals surface area contributed by atoms with E-state index in [9.17, 15) is 18.8 Å². The summed E-state index contributed by atoms with van der Waals surface area (Å²) in [6, 6.07) is 5.65. The highest BCUT2D eigenvalue weighted by atomic mass is 19.1. The number of benzene rings is 1. The van der Waals surface area contributed by atoms with E-state index in [2.05, 4.69) is 4.98 Å². The number of nitrogens with one attached hydrogen (secondary N) is 1. The first-order valence-corrected chi connectivity index (χ1v) is 8.13. The SMILES string of the molecule is CCCCn1c(N)c(N(C)C(=O)COc2ccccc2F)c(=O)[nH]c1=O. The van der Waals surface area contributed by atoms with Gasteiger partial charge in [-0.15, -0.1) is 0 Å². The minimum Gasteiger partial charge on any atom is -0.481 e. The minimum absolute atomic E-state index is 0.0796. The number of anilines is 2. The van der Waals surface area contributed by atoms with Crippen LogP contribution in [0.15, 0.2) is 33.9 Å². The molecule has 1 aromatic heterocycles. The number of amides is 1. The highest BCUT2D eigenvalue weighted by Crippen LogP contribution is 2.18. The fourth-order valence-electron chi connectivity index (χ4n) is 2.36. The molecule has 0 aliphatic carbocycles. The number of likely N-dealkylation sites (N-methyl/N-ethyl adjacent to an activating group) is 1. The molecule has 0 atom stereocenters. The predicted molar refractivity (Wildman–Crippen MR) is 95.9 cm³/mol. The maximum Gasteiger partial charge on any atom is 0.330 e. The van der Waals surface area contributed by atoms with Crippen LogP contribution >= 0.6 is 0 Å². The zero-order valence-electron chi connectivity index (χ0n) is 14.6. The zero-order chi connectivity index (χ0) is 19.3. The lowest BCUT2D eigenvalue weighted by molar-refractivity contribution is -0.120. The van der Waals surface area contributed by atoms with Gasteiger partial charge in [-0.2, -0.15) is 0 Å². The number of H-pyrrole nitrogens is 1. The molecule has 0 fully saturated rings. The van der Waals surface area contributed by atoms with Crippen LogP contribution in [0.5, 0.6) is 5.75 Å². The first-order chi connectivity index (χ1) is 12.4. The number of nitrogens with two attached hydrogens (primary N) is 1. The van der Waals surface area contributed by atoms with E-state index in [-0.39, 0.29) is 17.3 Å². The van der Waals surface area contributed by atoms with E-state index in [1.165, 1.54) is 29.8 Å². The Hall–Kier alpha value is -3.10.